The molecule has 144 valence electrons. The Morgan fingerprint density at radius 1 is 1.29 bits per heavy atom. The lowest BCUT2D eigenvalue weighted by Gasteiger charge is -2.12. The fourth-order valence-electron chi connectivity index (χ4n) is 2.86. The second kappa shape index (κ2) is 7.77. The fourth-order valence-corrected chi connectivity index (χ4v) is 2.86. The van der Waals surface area contributed by atoms with Crippen molar-refractivity contribution in [1.82, 2.24) is 14.8 Å². The number of rotatable bonds is 5. The molecule has 2 aromatic heterocycles. The minimum absolute atomic E-state index is 0.0825. The van der Waals surface area contributed by atoms with E-state index in [0.29, 0.717) is 22.2 Å². The van der Waals surface area contributed by atoms with E-state index in [1.54, 1.807) is 16.9 Å². The van der Waals surface area contributed by atoms with Crippen LogP contribution in [0.3, 0.4) is 0 Å². The highest BCUT2D eigenvalue weighted by Crippen LogP contribution is 2.25. The van der Waals surface area contributed by atoms with Crippen molar-refractivity contribution in [3.05, 3.63) is 58.7 Å². The highest BCUT2D eigenvalue weighted by Gasteiger charge is 2.20. The summed E-state index contributed by atoms with van der Waals surface area (Å²) < 4.78 is 21.1. The molecule has 2 heterocycles. The number of fused-ring (bicyclic) bond motifs is 1. The highest BCUT2D eigenvalue weighted by atomic mass is 19.1. The maximum Gasteiger partial charge on any atom is 0.339 e. The number of carbonyl (C=O) groups is 1. The average molecular weight is 380 g/mol. The Kier molecular flexibility index (Phi) is 5.41. The summed E-state index contributed by atoms with van der Waals surface area (Å²) in [5.41, 5.74) is 2.17. The van der Waals surface area contributed by atoms with E-state index in [1.165, 1.54) is 18.2 Å². The van der Waals surface area contributed by atoms with Gasteiger partial charge in [-0.05, 0) is 44.0 Å². The summed E-state index contributed by atoms with van der Waals surface area (Å²) in [5, 5.41) is 13.9. The van der Waals surface area contributed by atoms with Crippen LogP contribution in [0.15, 0.2) is 30.5 Å². The molecule has 3 aromatic rings. The Hall–Kier alpha value is -3.27. The van der Waals surface area contributed by atoms with Crippen molar-refractivity contribution in [3.8, 4) is 6.07 Å². The van der Waals surface area contributed by atoms with Crippen LogP contribution in [0.25, 0.3) is 11.0 Å². The second-order valence-electron chi connectivity index (χ2n) is 7.16. The zero-order chi connectivity index (χ0) is 20.4. The number of hydrogen-bond donors (Lipinski definition) is 0. The molecule has 0 bridgehead atoms. The summed E-state index contributed by atoms with van der Waals surface area (Å²) in [6.07, 6.45) is 1.60. The van der Waals surface area contributed by atoms with Crippen LogP contribution in [0.4, 0.5) is 4.39 Å². The Labute approximate surface area is 162 Å². The van der Waals surface area contributed by atoms with Crippen molar-refractivity contribution in [3.63, 3.8) is 0 Å². The van der Waals surface area contributed by atoms with Gasteiger partial charge in [0.15, 0.2) is 5.65 Å². The van der Waals surface area contributed by atoms with Gasteiger partial charge in [-0.25, -0.2) is 18.9 Å². The lowest BCUT2D eigenvalue weighted by molar-refractivity contribution is 0.0471. The van der Waals surface area contributed by atoms with Crippen molar-refractivity contribution in [2.24, 2.45) is 0 Å². The van der Waals surface area contributed by atoms with Gasteiger partial charge in [-0.15, -0.1) is 0 Å². The average Bonchev–Trinajstić information content (AvgIpc) is 3.10. The number of hydrogen-bond acceptors (Lipinski definition) is 5. The first-order chi connectivity index (χ1) is 13.3. The predicted molar refractivity (Wildman–Crippen MR) is 102 cm³/mol. The number of pyridine rings is 1. The molecular weight excluding hydrogens is 359 g/mol. The third kappa shape index (κ3) is 3.72. The summed E-state index contributed by atoms with van der Waals surface area (Å²) in [7, 11) is 0. The molecule has 28 heavy (non-hydrogen) atoms. The molecule has 0 saturated carbocycles. The van der Waals surface area contributed by atoms with Crippen molar-refractivity contribution in [2.45, 2.75) is 46.3 Å². The summed E-state index contributed by atoms with van der Waals surface area (Å²) in [6, 6.07) is 7.67. The molecule has 1 aromatic carbocycles. The number of halogens is 1. The lowest BCUT2D eigenvalue weighted by Crippen LogP contribution is -2.10. The van der Waals surface area contributed by atoms with Crippen LogP contribution in [0.1, 0.15) is 66.8 Å². The molecule has 0 aliphatic carbocycles. The third-order valence-corrected chi connectivity index (χ3v) is 4.42. The van der Waals surface area contributed by atoms with Crippen molar-refractivity contribution in [2.75, 3.05) is 0 Å². The first-order valence-corrected chi connectivity index (χ1v) is 9.05. The standard InChI is InChI=1S/C21H21FN4O2/c1-12(2)19-8-16(17-10-24-26(13(3)4)20(17)25-19)21(27)28-11-15-7-14(9-23)5-6-18(15)22/h5-8,10,12-13H,11H2,1-4H3. The van der Waals surface area contributed by atoms with E-state index in [-0.39, 0.29) is 24.1 Å². The Bertz CT molecular complexity index is 1080. The molecule has 0 spiro atoms. The van der Waals surface area contributed by atoms with Crippen LogP contribution in [0, 0.1) is 17.1 Å². The summed E-state index contributed by atoms with van der Waals surface area (Å²) >= 11 is 0. The molecule has 0 N–H and O–H groups in total. The van der Waals surface area contributed by atoms with Crippen molar-refractivity contribution < 1.29 is 13.9 Å². The van der Waals surface area contributed by atoms with Gasteiger partial charge in [0.05, 0.1) is 28.8 Å². The zero-order valence-corrected chi connectivity index (χ0v) is 16.2. The Morgan fingerprint density at radius 3 is 2.68 bits per heavy atom. The minimum atomic E-state index is -0.584. The van der Waals surface area contributed by atoms with Crippen LogP contribution in [0.2, 0.25) is 0 Å². The maximum atomic E-state index is 13.9. The van der Waals surface area contributed by atoms with Crippen molar-refractivity contribution in [1.29, 1.82) is 5.26 Å². The van der Waals surface area contributed by atoms with E-state index in [9.17, 15) is 9.18 Å². The molecule has 0 fully saturated rings. The number of nitriles is 1. The van der Waals surface area contributed by atoms with Crippen LogP contribution >= 0.6 is 0 Å². The predicted octanol–water partition coefficient (Wildman–Crippen LogP) is 4.50. The summed E-state index contributed by atoms with van der Waals surface area (Å²) in [6.45, 7) is 7.68. The van der Waals surface area contributed by atoms with Crippen LogP contribution in [-0.4, -0.2) is 20.7 Å². The van der Waals surface area contributed by atoms with Gasteiger partial charge < -0.3 is 4.74 Å². The van der Waals surface area contributed by atoms with E-state index in [1.807, 2.05) is 33.8 Å². The molecule has 0 amide bonds. The maximum absolute atomic E-state index is 13.9. The van der Waals surface area contributed by atoms with Gasteiger partial charge in [-0.3, -0.25) is 0 Å². The number of carbonyl (C=O) groups excluding carboxylic acids is 1. The number of benzene rings is 1. The number of nitrogens with zero attached hydrogens (tertiary/aromatic N) is 4. The van der Waals surface area contributed by atoms with Gasteiger partial charge in [-0.1, -0.05) is 13.8 Å². The van der Waals surface area contributed by atoms with Crippen LogP contribution in [0.5, 0.6) is 0 Å². The monoisotopic (exact) mass is 380 g/mol. The highest BCUT2D eigenvalue weighted by molar-refractivity contribution is 6.02. The third-order valence-electron chi connectivity index (χ3n) is 4.42. The van der Waals surface area contributed by atoms with Crippen LogP contribution in [-0.2, 0) is 11.3 Å². The quantitative estimate of drug-likeness (QED) is 0.609. The van der Waals surface area contributed by atoms with E-state index in [0.717, 1.165) is 5.69 Å². The molecule has 0 atom stereocenters. The Morgan fingerprint density at radius 2 is 2.04 bits per heavy atom. The van der Waals surface area contributed by atoms with Crippen molar-refractivity contribution >= 4 is 17.0 Å². The SMILES string of the molecule is CC(C)c1cc(C(=O)OCc2cc(C#N)ccc2F)c2cnn(C(C)C)c2n1. The molecular formula is C21H21FN4O2. The molecule has 0 unspecified atom stereocenters. The molecule has 7 heteroatoms. The van der Waals surface area contributed by atoms with Gasteiger partial charge in [0, 0.05) is 17.3 Å². The largest absolute Gasteiger partial charge is 0.457 e. The number of ether oxygens (including phenoxy) is 1. The molecule has 0 saturated heterocycles. The topological polar surface area (TPSA) is 80.8 Å². The summed E-state index contributed by atoms with van der Waals surface area (Å²) in [5.74, 6) is -1.00. The minimum Gasteiger partial charge on any atom is -0.457 e. The second-order valence-corrected chi connectivity index (χ2v) is 7.16. The van der Waals surface area contributed by atoms with E-state index < -0.39 is 11.8 Å². The number of aromatic nitrogens is 3. The first kappa shape index (κ1) is 19.5. The van der Waals surface area contributed by atoms with Gasteiger partial charge in [0.1, 0.15) is 12.4 Å². The smallest absolute Gasteiger partial charge is 0.339 e. The molecule has 0 radical (unpaired) electrons. The van der Waals surface area contributed by atoms with E-state index in [4.69, 9.17) is 10.00 Å². The zero-order valence-electron chi connectivity index (χ0n) is 16.2. The lowest BCUT2D eigenvalue weighted by atomic mass is 10.1. The van der Waals surface area contributed by atoms with Crippen LogP contribution < -0.4 is 0 Å². The van der Waals surface area contributed by atoms with E-state index >= 15 is 0 Å². The molecule has 0 aliphatic rings. The molecule has 0 aliphatic heterocycles. The summed E-state index contributed by atoms with van der Waals surface area (Å²) in [4.78, 5) is 17.4. The normalized spacial score (nSPS) is 11.2. The Balaban J connectivity index is 1.96. The fraction of sp³-hybridized carbons (Fsp3) is 0.333. The van der Waals surface area contributed by atoms with Gasteiger partial charge in [0.2, 0.25) is 0 Å². The van der Waals surface area contributed by atoms with Gasteiger partial charge in [-0.2, -0.15) is 10.4 Å². The van der Waals surface area contributed by atoms with E-state index in [2.05, 4.69) is 10.1 Å². The molecule has 6 nitrogen and oxygen atoms in total. The van der Waals surface area contributed by atoms with Gasteiger partial charge >= 0.3 is 5.97 Å². The van der Waals surface area contributed by atoms with Gasteiger partial charge in [0.25, 0.3) is 0 Å². The number of esters is 1. The first-order valence-electron chi connectivity index (χ1n) is 9.05. The molecule has 3 rings (SSSR count).